The van der Waals surface area contributed by atoms with Crippen molar-refractivity contribution in [3.05, 3.63) is 24.2 Å². The number of rotatable bonds is 6. The van der Waals surface area contributed by atoms with Crippen LogP contribution in [0.4, 0.5) is 0 Å². The summed E-state index contributed by atoms with van der Waals surface area (Å²) in [7, 11) is 0. The summed E-state index contributed by atoms with van der Waals surface area (Å²) in [4.78, 5) is 25.3. The van der Waals surface area contributed by atoms with E-state index in [2.05, 4.69) is 5.32 Å². The van der Waals surface area contributed by atoms with Crippen LogP contribution in [0, 0.1) is 0 Å². The van der Waals surface area contributed by atoms with Crippen molar-refractivity contribution < 1.29 is 48.7 Å². The molecule has 2 fully saturated rings. The van der Waals surface area contributed by atoms with E-state index in [1.807, 2.05) is 11.0 Å². The van der Waals surface area contributed by atoms with Gasteiger partial charge in [0.15, 0.2) is 0 Å². The summed E-state index contributed by atoms with van der Waals surface area (Å²) in [5.74, 6) is -1.13. The van der Waals surface area contributed by atoms with Gasteiger partial charge in [0.1, 0.15) is 0 Å². The maximum atomic E-state index is 12.3. The summed E-state index contributed by atoms with van der Waals surface area (Å²) >= 11 is 0. The van der Waals surface area contributed by atoms with Crippen LogP contribution >= 0.6 is 0 Å². The van der Waals surface area contributed by atoms with Crippen molar-refractivity contribution in [1.82, 2.24) is 10.2 Å². The molecule has 0 aromatic carbocycles. The minimum Gasteiger partial charge on any atom is -0.548 e. The molecule has 1 aromatic heterocycles. The SMILES string of the molecule is O=C([O-])C1CCC(C(=O)NCCc2ccoc2)N1C1CC1.[Na+]. The second kappa shape index (κ2) is 7.64. The summed E-state index contributed by atoms with van der Waals surface area (Å²) in [5, 5.41) is 14.1. The predicted octanol–water partition coefficient (Wildman–Crippen LogP) is -3.31. The molecule has 1 aliphatic carbocycles. The van der Waals surface area contributed by atoms with Crippen molar-refractivity contribution in [2.24, 2.45) is 0 Å². The minimum atomic E-state index is -1.06. The number of furan rings is 1. The predicted molar refractivity (Wildman–Crippen MR) is 72.1 cm³/mol. The Morgan fingerprint density at radius 3 is 2.59 bits per heavy atom. The molecule has 2 aliphatic rings. The van der Waals surface area contributed by atoms with Crippen LogP contribution in [0.5, 0.6) is 0 Å². The molecule has 0 spiro atoms. The molecule has 1 saturated heterocycles. The van der Waals surface area contributed by atoms with E-state index in [0.717, 1.165) is 18.4 Å². The van der Waals surface area contributed by atoms with Gasteiger partial charge in [0, 0.05) is 12.6 Å². The molecule has 1 amide bonds. The van der Waals surface area contributed by atoms with Gasteiger partial charge in [-0.3, -0.25) is 9.69 Å². The van der Waals surface area contributed by atoms with Gasteiger partial charge in [-0.25, -0.2) is 0 Å². The summed E-state index contributed by atoms with van der Waals surface area (Å²) in [5.41, 5.74) is 1.04. The van der Waals surface area contributed by atoms with E-state index in [1.165, 1.54) is 0 Å². The normalized spacial score (nSPS) is 24.7. The molecule has 0 bridgehead atoms. The average molecular weight is 314 g/mol. The zero-order chi connectivity index (χ0) is 14.8. The van der Waals surface area contributed by atoms with Crippen molar-refractivity contribution in [1.29, 1.82) is 0 Å². The molecule has 1 saturated carbocycles. The number of likely N-dealkylation sites (tertiary alicyclic amines) is 1. The number of carboxylic acid groups (broad SMARTS) is 1. The molecule has 1 N–H and O–H groups in total. The molecular formula is C15H19N2NaO4. The van der Waals surface area contributed by atoms with Gasteiger partial charge in [-0.15, -0.1) is 0 Å². The van der Waals surface area contributed by atoms with Gasteiger partial charge in [-0.1, -0.05) is 0 Å². The summed E-state index contributed by atoms with van der Waals surface area (Å²) in [6.07, 6.45) is 7.01. The third-order valence-electron chi connectivity index (χ3n) is 4.27. The number of carbonyl (C=O) groups is 2. The number of carboxylic acids is 1. The molecule has 7 heteroatoms. The van der Waals surface area contributed by atoms with Crippen molar-refractivity contribution in [2.45, 2.75) is 50.2 Å². The maximum Gasteiger partial charge on any atom is 1.00 e. The van der Waals surface area contributed by atoms with Crippen LogP contribution in [0.2, 0.25) is 0 Å². The van der Waals surface area contributed by atoms with Gasteiger partial charge in [0.25, 0.3) is 0 Å². The molecule has 2 heterocycles. The Bertz CT molecular complexity index is 516. The molecule has 0 radical (unpaired) electrons. The summed E-state index contributed by atoms with van der Waals surface area (Å²) in [6.45, 7) is 0.531. The van der Waals surface area contributed by atoms with Crippen LogP contribution < -0.4 is 40.0 Å². The molecule has 1 aliphatic heterocycles. The third kappa shape index (κ3) is 3.93. The smallest absolute Gasteiger partial charge is 0.548 e. The van der Waals surface area contributed by atoms with E-state index >= 15 is 0 Å². The van der Waals surface area contributed by atoms with Crippen LogP contribution in [0.3, 0.4) is 0 Å². The third-order valence-corrected chi connectivity index (χ3v) is 4.27. The fourth-order valence-electron chi connectivity index (χ4n) is 3.10. The van der Waals surface area contributed by atoms with Crippen molar-refractivity contribution in [2.75, 3.05) is 6.54 Å². The molecule has 6 nitrogen and oxygen atoms in total. The minimum absolute atomic E-state index is 0. The van der Waals surface area contributed by atoms with E-state index in [9.17, 15) is 14.7 Å². The number of aliphatic carboxylic acids is 1. The average Bonchev–Trinajstić information content (AvgIpc) is 3.00. The second-order valence-electron chi connectivity index (χ2n) is 5.78. The van der Waals surface area contributed by atoms with Crippen LogP contribution in [-0.2, 0) is 16.0 Å². The van der Waals surface area contributed by atoms with Gasteiger partial charge in [-0.05, 0) is 43.7 Å². The molecule has 3 rings (SSSR count). The monoisotopic (exact) mass is 314 g/mol. The first-order valence-electron chi connectivity index (χ1n) is 7.44. The first kappa shape index (κ1) is 17.5. The first-order chi connectivity index (χ1) is 10.2. The maximum absolute atomic E-state index is 12.3. The van der Waals surface area contributed by atoms with Crippen LogP contribution in [-0.4, -0.2) is 41.4 Å². The quantitative estimate of drug-likeness (QED) is 0.556. The van der Waals surface area contributed by atoms with Crippen LogP contribution in [0.1, 0.15) is 31.2 Å². The Balaban J connectivity index is 0.00000176. The van der Waals surface area contributed by atoms with Crippen molar-refractivity contribution in [3.8, 4) is 0 Å². The number of amides is 1. The molecule has 1 aromatic rings. The standard InChI is InChI=1S/C15H20N2O4.Na/c18-14(16-7-5-10-6-8-21-9-10)12-3-4-13(15(19)20)17(12)11-1-2-11;/h6,8-9,11-13H,1-5,7H2,(H,16,18)(H,19,20);/q;+1/p-1. The zero-order valence-corrected chi connectivity index (χ0v) is 14.8. The number of nitrogens with one attached hydrogen (secondary N) is 1. The van der Waals surface area contributed by atoms with Gasteiger partial charge in [0.2, 0.25) is 5.91 Å². The Labute approximate surface area is 151 Å². The number of hydrogen-bond donors (Lipinski definition) is 1. The van der Waals surface area contributed by atoms with Gasteiger partial charge in [-0.2, -0.15) is 0 Å². The van der Waals surface area contributed by atoms with Gasteiger partial charge < -0.3 is 19.6 Å². The summed E-state index contributed by atoms with van der Waals surface area (Å²) in [6, 6.07) is 1.16. The largest absolute Gasteiger partial charge is 1.00 e. The van der Waals surface area contributed by atoms with E-state index in [-0.39, 0.29) is 47.5 Å². The molecule has 22 heavy (non-hydrogen) atoms. The number of carbonyl (C=O) groups excluding carboxylic acids is 2. The van der Waals surface area contributed by atoms with E-state index in [0.29, 0.717) is 25.8 Å². The molecular weight excluding hydrogens is 295 g/mol. The van der Waals surface area contributed by atoms with E-state index in [1.54, 1.807) is 12.5 Å². The zero-order valence-electron chi connectivity index (χ0n) is 12.8. The fourth-order valence-corrected chi connectivity index (χ4v) is 3.10. The van der Waals surface area contributed by atoms with Crippen molar-refractivity contribution in [3.63, 3.8) is 0 Å². The molecule has 114 valence electrons. The first-order valence-corrected chi connectivity index (χ1v) is 7.44. The second-order valence-corrected chi connectivity index (χ2v) is 5.78. The van der Waals surface area contributed by atoms with Gasteiger partial charge >= 0.3 is 29.6 Å². The van der Waals surface area contributed by atoms with Crippen LogP contribution in [0.25, 0.3) is 0 Å². The van der Waals surface area contributed by atoms with E-state index < -0.39 is 12.0 Å². The summed E-state index contributed by atoms with van der Waals surface area (Å²) < 4.78 is 4.98. The molecule has 2 unspecified atom stereocenters. The topological polar surface area (TPSA) is 85.6 Å². The van der Waals surface area contributed by atoms with Crippen molar-refractivity contribution >= 4 is 11.9 Å². The Morgan fingerprint density at radius 1 is 1.27 bits per heavy atom. The van der Waals surface area contributed by atoms with Gasteiger partial charge in [0.05, 0.1) is 30.6 Å². The number of nitrogens with zero attached hydrogens (tertiary/aromatic N) is 1. The van der Waals surface area contributed by atoms with E-state index in [4.69, 9.17) is 4.42 Å². The van der Waals surface area contributed by atoms with Crippen LogP contribution in [0.15, 0.2) is 23.0 Å². The fraction of sp³-hybridized carbons (Fsp3) is 0.600. The Kier molecular flexibility index (Phi) is 6.09. The Morgan fingerprint density at radius 2 is 2.00 bits per heavy atom. The molecule has 2 atom stereocenters. The Hall–Kier alpha value is -0.820. The number of hydrogen-bond acceptors (Lipinski definition) is 5.